The maximum Gasteiger partial charge on any atom is 0.255 e. The minimum atomic E-state index is -3.87. The minimum Gasteiger partial charge on any atom is -0.355 e. The van der Waals surface area contributed by atoms with Gasteiger partial charge in [-0.1, -0.05) is 6.07 Å². The Morgan fingerprint density at radius 1 is 1.10 bits per heavy atom. The molecule has 10 heteroatoms. The number of hydrogen-bond donors (Lipinski definition) is 2. The van der Waals surface area contributed by atoms with E-state index in [2.05, 4.69) is 20.5 Å². The van der Waals surface area contributed by atoms with Gasteiger partial charge in [-0.15, -0.1) is 0 Å². The van der Waals surface area contributed by atoms with Crippen molar-refractivity contribution in [2.45, 2.75) is 17.7 Å². The fourth-order valence-corrected chi connectivity index (χ4v) is 5.08. The van der Waals surface area contributed by atoms with Crippen LogP contribution in [0.3, 0.4) is 0 Å². The number of carbonyl (C=O) groups excluding carboxylic acids is 2. The van der Waals surface area contributed by atoms with Crippen LogP contribution in [-0.4, -0.2) is 62.2 Å². The monoisotopic (exact) mass is 429 g/mol. The first-order valence-electron chi connectivity index (χ1n) is 9.83. The third-order valence-corrected chi connectivity index (χ3v) is 7.02. The van der Waals surface area contributed by atoms with Crippen molar-refractivity contribution < 1.29 is 18.0 Å². The molecule has 0 spiro atoms. The number of carbonyl (C=O) groups is 2. The van der Waals surface area contributed by atoms with Crippen LogP contribution >= 0.6 is 0 Å². The number of benzene rings is 1. The van der Waals surface area contributed by atoms with Crippen molar-refractivity contribution in [2.75, 3.05) is 42.9 Å². The summed E-state index contributed by atoms with van der Waals surface area (Å²) in [5.74, 6) is -0.0481. The molecule has 0 radical (unpaired) electrons. The minimum absolute atomic E-state index is 0.0178. The molecule has 0 unspecified atom stereocenters. The molecular formula is C20H23N5O4S. The van der Waals surface area contributed by atoms with E-state index >= 15 is 0 Å². The van der Waals surface area contributed by atoms with Crippen LogP contribution in [0.25, 0.3) is 0 Å². The maximum absolute atomic E-state index is 12.9. The lowest BCUT2D eigenvalue weighted by molar-refractivity contribution is -0.122. The van der Waals surface area contributed by atoms with Crippen LogP contribution in [0.15, 0.2) is 47.5 Å². The molecule has 158 valence electrons. The molecule has 2 saturated heterocycles. The van der Waals surface area contributed by atoms with E-state index in [0.29, 0.717) is 11.5 Å². The molecule has 0 saturated carbocycles. The predicted molar refractivity (Wildman–Crippen MR) is 112 cm³/mol. The first-order valence-corrected chi connectivity index (χ1v) is 11.3. The summed E-state index contributed by atoms with van der Waals surface area (Å²) in [5.41, 5.74) is 0.805. The second-order valence-electron chi connectivity index (χ2n) is 7.24. The molecule has 2 amide bonds. The topological polar surface area (TPSA) is 112 Å². The summed E-state index contributed by atoms with van der Waals surface area (Å²) in [6.45, 7) is 2.00. The van der Waals surface area contributed by atoms with Crippen LogP contribution in [-0.2, 0) is 14.8 Å². The van der Waals surface area contributed by atoms with E-state index < -0.39 is 15.9 Å². The zero-order valence-electron chi connectivity index (χ0n) is 16.4. The summed E-state index contributed by atoms with van der Waals surface area (Å²) in [7, 11) is -3.87. The molecule has 1 aromatic carbocycles. The van der Waals surface area contributed by atoms with Crippen LogP contribution < -0.4 is 15.5 Å². The first-order chi connectivity index (χ1) is 14.4. The molecule has 3 heterocycles. The van der Waals surface area contributed by atoms with E-state index in [1.54, 1.807) is 24.4 Å². The Labute approximate surface area is 175 Å². The number of rotatable bonds is 5. The van der Waals surface area contributed by atoms with E-state index in [-0.39, 0.29) is 36.0 Å². The molecule has 9 nitrogen and oxygen atoms in total. The molecule has 2 aromatic rings. The Hall–Kier alpha value is -2.98. The Morgan fingerprint density at radius 3 is 2.67 bits per heavy atom. The Balaban J connectivity index is 1.56. The third kappa shape index (κ3) is 4.14. The summed E-state index contributed by atoms with van der Waals surface area (Å²) < 4.78 is 26.9. The van der Waals surface area contributed by atoms with E-state index in [9.17, 15) is 18.0 Å². The quantitative estimate of drug-likeness (QED) is 0.735. The van der Waals surface area contributed by atoms with Gasteiger partial charge in [-0.3, -0.25) is 9.59 Å². The van der Waals surface area contributed by atoms with Crippen molar-refractivity contribution in [1.29, 1.82) is 0 Å². The van der Waals surface area contributed by atoms with Crippen LogP contribution in [0.5, 0.6) is 0 Å². The molecule has 1 aromatic heterocycles. The lowest BCUT2D eigenvalue weighted by Gasteiger charge is -2.26. The van der Waals surface area contributed by atoms with Gasteiger partial charge in [0.25, 0.3) is 5.91 Å². The summed E-state index contributed by atoms with van der Waals surface area (Å²) in [5, 5.41) is 5.46. The second kappa shape index (κ2) is 8.41. The van der Waals surface area contributed by atoms with Crippen molar-refractivity contribution in [2.24, 2.45) is 0 Å². The van der Waals surface area contributed by atoms with Gasteiger partial charge in [0.1, 0.15) is 0 Å². The smallest absolute Gasteiger partial charge is 0.255 e. The molecule has 0 aliphatic carbocycles. The van der Waals surface area contributed by atoms with Gasteiger partial charge in [-0.2, -0.15) is 4.31 Å². The molecule has 4 rings (SSSR count). The average Bonchev–Trinajstić information content (AvgIpc) is 3.29. The van der Waals surface area contributed by atoms with Gasteiger partial charge >= 0.3 is 0 Å². The highest BCUT2D eigenvalue weighted by Crippen LogP contribution is 2.27. The summed E-state index contributed by atoms with van der Waals surface area (Å²) in [6, 6.07) is 9.38. The number of hydrogen-bond acceptors (Lipinski definition) is 6. The normalized spacial score (nSPS) is 17.6. The lowest BCUT2D eigenvalue weighted by atomic mass is 10.2. The summed E-state index contributed by atoms with van der Waals surface area (Å²) in [4.78, 5) is 30.9. The van der Waals surface area contributed by atoms with Crippen LogP contribution in [0, 0.1) is 0 Å². The second-order valence-corrected chi connectivity index (χ2v) is 9.18. The Kier molecular flexibility index (Phi) is 5.69. The highest BCUT2D eigenvalue weighted by atomic mass is 32.2. The van der Waals surface area contributed by atoms with Crippen molar-refractivity contribution in [3.8, 4) is 0 Å². The van der Waals surface area contributed by atoms with Crippen molar-refractivity contribution in [1.82, 2.24) is 14.6 Å². The number of piperazine rings is 1. The van der Waals surface area contributed by atoms with E-state index in [4.69, 9.17) is 0 Å². The predicted octanol–water partition coefficient (Wildman–Crippen LogP) is 1.05. The third-order valence-electron chi connectivity index (χ3n) is 5.18. The fourth-order valence-electron chi connectivity index (χ4n) is 3.64. The zero-order valence-corrected chi connectivity index (χ0v) is 17.2. The number of sulfonamides is 1. The number of aromatic nitrogens is 1. The number of amides is 2. The Bertz CT molecular complexity index is 1070. The molecule has 0 atom stereocenters. The van der Waals surface area contributed by atoms with Crippen molar-refractivity contribution in [3.05, 3.63) is 48.2 Å². The number of nitrogens with zero attached hydrogens (tertiary/aromatic N) is 3. The summed E-state index contributed by atoms with van der Waals surface area (Å²) >= 11 is 0. The van der Waals surface area contributed by atoms with Crippen LogP contribution in [0.1, 0.15) is 23.2 Å². The highest BCUT2D eigenvalue weighted by Gasteiger charge is 2.29. The number of pyridine rings is 1. The standard InChI is InChI=1S/C20H23N5O4S/c26-18-14-25(12-9-21-18)30(28,29)16-6-3-5-15(13-16)20(27)23-17-7-4-8-22-19(17)24-10-1-2-11-24/h3-8,13H,1-2,9-12,14H2,(H,21,26)(H,23,27). The molecule has 2 fully saturated rings. The number of nitrogens with one attached hydrogen (secondary N) is 2. The average molecular weight is 430 g/mol. The van der Waals surface area contributed by atoms with E-state index in [1.807, 2.05) is 0 Å². The van der Waals surface area contributed by atoms with E-state index in [1.165, 1.54) is 18.2 Å². The fraction of sp³-hybridized carbons (Fsp3) is 0.350. The van der Waals surface area contributed by atoms with Gasteiger partial charge in [0.15, 0.2) is 5.82 Å². The first kappa shape index (κ1) is 20.3. The van der Waals surface area contributed by atoms with Crippen LogP contribution in [0.2, 0.25) is 0 Å². The molecule has 2 aliphatic rings. The van der Waals surface area contributed by atoms with Gasteiger partial charge < -0.3 is 15.5 Å². The molecule has 0 bridgehead atoms. The van der Waals surface area contributed by atoms with Gasteiger partial charge in [0.2, 0.25) is 15.9 Å². The highest BCUT2D eigenvalue weighted by molar-refractivity contribution is 7.89. The maximum atomic E-state index is 12.9. The van der Waals surface area contributed by atoms with Gasteiger partial charge in [0.05, 0.1) is 17.1 Å². The van der Waals surface area contributed by atoms with E-state index in [0.717, 1.165) is 30.2 Å². The SMILES string of the molecule is O=C1CN(S(=O)(=O)c2cccc(C(=O)Nc3cccnc3N3CCCC3)c2)CCN1. The Morgan fingerprint density at radius 2 is 1.90 bits per heavy atom. The number of anilines is 2. The molecular weight excluding hydrogens is 406 g/mol. The van der Waals surface area contributed by atoms with Crippen molar-refractivity contribution >= 4 is 33.3 Å². The zero-order chi connectivity index (χ0) is 21.1. The largest absolute Gasteiger partial charge is 0.355 e. The van der Waals surface area contributed by atoms with Crippen molar-refractivity contribution in [3.63, 3.8) is 0 Å². The van der Waals surface area contributed by atoms with Gasteiger partial charge in [0, 0.05) is 37.9 Å². The molecule has 30 heavy (non-hydrogen) atoms. The van der Waals surface area contributed by atoms with Crippen LogP contribution in [0.4, 0.5) is 11.5 Å². The lowest BCUT2D eigenvalue weighted by Crippen LogP contribution is -2.49. The summed E-state index contributed by atoms with van der Waals surface area (Å²) in [6.07, 6.45) is 3.85. The molecule has 2 N–H and O–H groups in total. The molecule has 2 aliphatic heterocycles. The van der Waals surface area contributed by atoms with Gasteiger partial charge in [-0.25, -0.2) is 13.4 Å². The van der Waals surface area contributed by atoms with Gasteiger partial charge in [-0.05, 0) is 43.2 Å².